The highest BCUT2D eigenvalue weighted by molar-refractivity contribution is 7.13. The minimum absolute atomic E-state index is 0.232. The summed E-state index contributed by atoms with van der Waals surface area (Å²) in [7, 11) is 0. The first-order valence-electron chi connectivity index (χ1n) is 7.35. The van der Waals surface area contributed by atoms with Crippen LogP contribution in [0.25, 0.3) is 10.7 Å². The van der Waals surface area contributed by atoms with Crippen LogP contribution in [0.1, 0.15) is 56.5 Å². The number of nitrogens with one attached hydrogen (secondary N) is 1. The Balaban J connectivity index is 1.81. The molecule has 2 aromatic rings. The highest BCUT2D eigenvalue weighted by Crippen LogP contribution is 2.67. The predicted molar refractivity (Wildman–Crippen MR) is 82.9 cm³/mol. The molecular weight excluding hydrogens is 266 g/mol. The van der Waals surface area contributed by atoms with Crippen molar-refractivity contribution in [3.8, 4) is 10.7 Å². The molecule has 4 heteroatoms. The van der Waals surface area contributed by atoms with Gasteiger partial charge in [0.15, 0.2) is 0 Å². The molecule has 3 nitrogen and oxygen atoms in total. The minimum Gasteiger partial charge on any atom is -0.341 e. The average Bonchev–Trinajstić information content (AvgIpc) is 3.11. The summed E-state index contributed by atoms with van der Waals surface area (Å²) in [4.78, 5) is 9.80. The van der Waals surface area contributed by atoms with E-state index in [4.69, 9.17) is 10.7 Å². The van der Waals surface area contributed by atoms with Crippen LogP contribution in [0.5, 0.6) is 0 Å². The Morgan fingerprint density at radius 1 is 1.45 bits per heavy atom. The quantitative estimate of drug-likeness (QED) is 0.883. The summed E-state index contributed by atoms with van der Waals surface area (Å²) >= 11 is 1.73. The molecule has 1 saturated carbocycles. The molecule has 0 aliphatic heterocycles. The van der Waals surface area contributed by atoms with Gasteiger partial charge in [0, 0.05) is 23.6 Å². The van der Waals surface area contributed by atoms with Crippen molar-refractivity contribution in [2.75, 3.05) is 0 Å². The van der Waals surface area contributed by atoms with Gasteiger partial charge in [0.25, 0.3) is 0 Å². The van der Waals surface area contributed by atoms with Gasteiger partial charge in [-0.1, -0.05) is 20.8 Å². The number of hydrogen-bond donors (Lipinski definition) is 2. The number of thiophene rings is 1. The monoisotopic (exact) mass is 287 g/mol. The summed E-state index contributed by atoms with van der Waals surface area (Å²) in [5, 5.41) is 2.13. The zero-order chi connectivity index (χ0) is 14.1. The Labute approximate surface area is 123 Å². The average molecular weight is 287 g/mol. The first kappa shape index (κ1) is 12.6. The molecule has 2 atom stereocenters. The summed E-state index contributed by atoms with van der Waals surface area (Å²) in [6.07, 6.45) is 2.55. The Bertz CT molecular complexity index is 682. The maximum Gasteiger partial charge on any atom is 0.147 e. The van der Waals surface area contributed by atoms with Crippen LogP contribution >= 0.6 is 11.3 Å². The van der Waals surface area contributed by atoms with E-state index in [2.05, 4.69) is 37.2 Å². The summed E-state index contributed by atoms with van der Waals surface area (Å²) in [5.74, 6) is 1.67. The van der Waals surface area contributed by atoms with Crippen molar-refractivity contribution >= 4 is 11.3 Å². The largest absolute Gasteiger partial charge is 0.341 e. The van der Waals surface area contributed by atoms with Crippen LogP contribution in [0, 0.1) is 5.41 Å². The number of rotatable bonds is 2. The number of nitrogens with zero attached hydrogens (tertiary/aromatic N) is 1. The smallest absolute Gasteiger partial charge is 0.147 e. The highest BCUT2D eigenvalue weighted by atomic mass is 32.1. The molecule has 20 heavy (non-hydrogen) atoms. The van der Waals surface area contributed by atoms with Crippen LogP contribution in [0.2, 0.25) is 0 Å². The molecule has 0 aromatic carbocycles. The number of aromatic amines is 1. The van der Waals surface area contributed by atoms with E-state index in [1.165, 1.54) is 34.7 Å². The molecule has 0 saturated heterocycles. The fraction of sp³-hybridized carbons (Fsp3) is 0.562. The van der Waals surface area contributed by atoms with E-state index in [1.54, 1.807) is 11.3 Å². The van der Waals surface area contributed by atoms with Gasteiger partial charge in [-0.25, -0.2) is 4.98 Å². The Morgan fingerprint density at radius 3 is 2.90 bits per heavy atom. The van der Waals surface area contributed by atoms with Crippen molar-refractivity contribution in [2.45, 2.75) is 51.5 Å². The van der Waals surface area contributed by atoms with Gasteiger partial charge in [-0.3, -0.25) is 0 Å². The topological polar surface area (TPSA) is 54.7 Å². The van der Waals surface area contributed by atoms with Gasteiger partial charge >= 0.3 is 0 Å². The normalized spacial score (nSPS) is 29.9. The van der Waals surface area contributed by atoms with Crippen LogP contribution in [0.4, 0.5) is 0 Å². The SMILES string of the molecule is CC12CCC(c3[nH]c(-c4cc(CN)cs4)nc31)C2(C)C. The van der Waals surface area contributed by atoms with E-state index in [9.17, 15) is 0 Å². The zero-order valence-electron chi connectivity index (χ0n) is 12.3. The number of H-pyrrole nitrogens is 1. The van der Waals surface area contributed by atoms with E-state index >= 15 is 0 Å². The second-order valence-corrected chi connectivity index (χ2v) is 7.93. The molecule has 2 bridgehead atoms. The van der Waals surface area contributed by atoms with Crippen molar-refractivity contribution in [3.05, 3.63) is 28.4 Å². The summed E-state index contributed by atoms with van der Waals surface area (Å²) < 4.78 is 0. The van der Waals surface area contributed by atoms with Gasteiger partial charge in [-0.05, 0) is 35.3 Å². The molecule has 3 N–H and O–H groups in total. The molecule has 0 amide bonds. The van der Waals surface area contributed by atoms with Crippen LogP contribution in [-0.4, -0.2) is 9.97 Å². The summed E-state index contributed by atoms with van der Waals surface area (Å²) in [6, 6.07) is 2.16. The van der Waals surface area contributed by atoms with Crippen molar-refractivity contribution in [1.29, 1.82) is 0 Å². The molecule has 2 aromatic heterocycles. The standard InChI is InChI=1S/C16H21N3S/c1-15(2)10-4-5-16(15,3)13-12(10)18-14(19-13)11-6-9(7-17)8-20-11/h6,8,10H,4-5,7,17H2,1-3H3,(H,18,19). The fourth-order valence-electron chi connectivity index (χ4n) is 4.21. The second-order valence-electron chi connectivity index (χ2n) is 7.02. The van der Waals surface area contributed by atoms with Crippen LogP contribution in [0.3, 0.4) is 0 Å². The molecule has 2 aliphatic carbocycles. The Kier molecular flexibility index (Phi) is 2.36. The summed E-state index contributed by atoms with van der Waals surface area (Å²) in [5.41, 5.74) is 10.2. The molecule has 106 valence electrons. The molecule has 4 rings (SSSR count). The number of fused-ring (bicyclic) bond motifs is 5. The van der Waals surface area contributed by atoms with Gasteiger partial charge < -0.3 is 10.7 Å². The van der Waals surface area contributed by atoms with E-state index in [0.717, 1.165) is 5.82 Å². The maximum atomic E-state index is 5.70. The van der Waals surface area contributed by atoms with Gasteiger partial charge in [0.1, 0.15) is 5.82 Å². The molecular formula is C16H21N3S. The third kappa shape index (κ3) is 1.31. The van der Waals surface area contributed by atoms with E-state index in [1.807, 2.05) is 0 Å². The van der Waals surface area contributed by atoms with Gasteiger partial charge in [-0.15, -0.1) is 11.3 Å². The number of hydrogen-bond acceptors (Lipinski definition) is 3. The molecule has 2 heterocycles. The third-order valence-electron chi connectivity index (χ3n) is 5.95. The lowest BCUT2D eigenvalue weighted by atomic mass is 9.70. The number of nitrogens with two attached hydrogens (primary N) is 1. The predicted octanol–water partition coefficient (Wildman–Crippen LogP) is 3.77. The van der Waals surface area contributed by atoms with E-state index in [0.29, 0.717) is 17.9 Å². The second kappa shape index (κ2) is 3.74. The third-order valence-corrected chi connectivity index (χ3v) is 6.94. The lowest BCUT2D eigenvalue weighted by Gasteiger charge is -2.34. The van der Waals surface area contributed by atoms with Crippen LogP contribution < -0.4 is 5.73 Å². The lowest BCUT2D eigenvalue weighted by Crippen LogP contribution is -2.31. The Morgan fingerprint density at radius 2 is 2.25 bits per heavy atom. The van der Waals surface area contributed by atoms with Gasteiger partial charge in [-0.2, -0.15) is 0 Å². The van der Waals surface area contributed by atoms with E-state index in [-0.39, 0.29) is 5.41 Å². The van der Waals surface area contributed by atoms with E-state index < -0.39 is 0 Å². The number of imidazole rings is 1. The zero-order valence-corrected chi connectivity index (χ0v) is 13.1. The highest BCUT2D eigenvalue weighted by Gasteiger charge is 2.61. The van der Waals surface area contributed by atoms with Crippen molar-refractivity contribution < 1.29 is 0 Å². The molecule has 0 spiro atoms. The Hall–Kier alpha value is -1.13. The summed E-state index contributed by atoms with van der Waals surface area (Å²) in [6.45, 7) is 7.79. The molecule has 1 fully saturated rings. The molecule has 2 unspecified atom stereocenters. The first-order chi connectivity index (χ1) is 9.47. The van der Waals surface area contributed by atoms with Crippen LogP contribution in [0.15, 0.2) is 11.4 Å². The van der Waals surface area contributed by atoms with Gasteiger partial charge in [0.05, 0.1) is 10.6 Å². The van der Waals surface area contributed by atoms with Crippen molar-refractivity contribution in [3.63, 3.8) is 0 Å². The maximum absolute atomic E-state index is 5.70. The van der Waals surface area contributed by atoms with Crippen molar-refractivity contribution in [2.24, 2.45) is 11.1 Å². The lowest BCUT2D eigenvalue weighted by molar-refractivity contribution is 0.226. The van der Waals surface area contributed by atoms with Gasteiger partial charge in [0.2, 0.25) is 0 Å². The molecule has 2 aliphatic rings. The number of aromatic nitrogens is 2. The first-order valence-corrected chi connectivity index (χ1v) is 8.23. The minimum atomic E-state index is 0.232. The van der Waals surface area contributed by atoms with Crippen LogP contribution in [-0.2, 0) is 12.0 Å². The molecule has 0 radical (unpaired) electrons. The fourth-order valence-corrected chi connectivity index (χ4v) is 5.08. The van der Waals surface area contributed by atoms with Crippen molar-refractivity contribution in [1.82, 2.24) is 9.97 Å².